The molecule has 0 atom stereocenters. The molecule has 0 unspecified atom stereocenters. The number of benzene rings is 1. The molecule has 0 spiro atoms. The largest absolute Gasteiger partial charge is 0.464 e. The molecule has 2 rings (SSSR count). The summed E-state index contributed by atoms with van der Waals surface area (Å²) < 4.78 is 10.8. The molecule has 0 bridgehead atoms. The van der Waals surface area contributed by atoms with Gasteiger partial charge in [0.1, 0.15) is 5.75 Å². The van der Waals surface area contributed by atoms with Crippen molar-refractivity contribution in [3.8, 4) is 17.8 Å². The Morgan fingerprint density at radius 3 is 2.70 bits per heavy atom. The molecule has 7 nitrogen and oxygen atoms in total. The Balaban J connectivity index is 2.24. The first-order valence-electron chi connectivity index (χ1n) is 6.19. The molecule has 20 heavy (non-hydrogen) atoms. The van der Waals surface area contributed by atoms with Gasteiger partial charge in [0.15, 0.2) is 0 Å². The van der Waals surface area contributed by atoms with Crippen molar-refractivity contribution in [2.24, 2.45) is 0 Å². The summed E-state index contributed by atoms with van der Waals surface area (Å²) in [6, 6.07) is 7.36. The Bertz CT molecular complexity index is 577. The zero-order valence-corrected chi connectivity index (χ0v) is 11.3. The predicted octanol–water partition coefficient (Wildman–Crippen LogP) is 1.60. The van der Waals surface area contributed by atoms with E-state index in [9.17, 15) is 0 Å². The lowest BCUT2D eigenvalue weighted by atomic mass is 10.2. The zero-order chi connectivity index (χ0) is 14.4. The second-order valence-electron chi connectivity index (χ2n) is 3.81. The SMILES string of the molecule is CCOc1nc(NC)nc(Oc2cccc(CO)c2)n1. The lowest BCUT2D eigenvalue weighted by molar-refractivity contribution is 0.281. The Labute approximate surface area is 116 Å². The van der Waals surface area contributed by atoms with Gasteiger partial charge >= 0.3 is 12.0 Å². The van der Waals surface area contributed by atoms with Gasteiger partial charge in [-0.05, 0) is 24.6 Å². The fourth-order valence-electron chi connectivity index (χ4n) is 1.50. The highest BCUT2D eigenvalue weighted by Gasteiger charge is 2.08. The van der Waals surface area contributed by atoms with Crippen molar-refractivity contribution in [2.45, 2.75) is 13.5 Å². The molecule has 1 heterocycles. The van der Waals surface area contributed by atoms with Crippen molar-refractivity contribution in [3.63, 3.8) is 0 Å². The molecular formula is C13H16N4O3. The van der Waals surface area contributed by atoms with E-state index in [0.717, 1.165) is 5.56 Å². The van der Waals surface area contributed by atoms with E-state index in [0.29, 0.717) is 18.3 Å². The maximum Gasteiger partial charge on any atom is 0.330 e. The van der Waals surface area contributed by atoms with E-state index in [2.05, 4.69) is 20.3 Å². The number of aliphatic hydroxyl groups excluding tert-OH is 1. The maximum absolute atomic E-state index is 9.10. The van der Waals surface area contributed by atoms with Crippen molar-refractivity contribution in [1.29, 1.82) is 0 Å². The van der Waals surface area contributed by atoms with Crippen LogP contribution in [-0.2, 0) is 6.61 Å². The van der Waals surface area contributed by atoms with E-state index in [4.69, 9.17) is 14.6 Å². The number of rotatable bonds is 6. The molecule has 2 N–H and O–H groups in total. The number of hydrogen-bond donors (Lipinski definition) is 2. The average molecular weight is 276 g/mol. The third kappa shape index (κ3) is 3.55. The monoisotopic (exact) mass is 276 g/mol. The van der Waals surface area contributed by atoms with Crippen LogP contribution in [0.1, 0.15) is 12.5 Å². The molecule has 0 radical (unpaired) electrons. The summed E-state index contributed by atoms with van der Waals surface area (Å²) in [5.74, 6) is 0.893. The lowest BCUT2D eigenvalue weighted by Crippen LogP contribution is -2.05. The Morgan fingerprint density at radius 1 is 1.20 bits per heavy atom. The minimum atomic E-state index is -0.0552. The minimum absolute atomic E-state index is 0.0552. The summed E-state index contributed by atoms with van der Waals surface area (Å²) in [6.45, 7) is 2.24. The summed E-state index contributed by atoms with van der Waals surface area (Å²) in [4.78, 5) is 12.2. The van der Waals surface area contributed by atoms with Crippen LogP contribution in [0.15, 0.2) is 24.3 Å². The van der Waals surface area contributed by atoms with Crippen molar-refractivity contribution in [3.05, 3.63) is 29.8 Å². The van der Waals surface area contributed by atoms with E-state index < -0.39 is 0 Å². The third-order valence-electron chi connectivity index (χ3n) is 2.38. The van der Waals surface area contributed by atoms with E-state index in [-0.39, 0.29) is 18.6 Å². The highest BCUT2D eigenvalue weighted by molar-refractivity contribution is 5.32. The van der Waals surface area contributed by atoms with Gasteiger partial charge in [-0.15, -0.1) is 4.98 Å². The topological polar surface area (TPSA) is 89.4 Å². The molecule has 0 saturated carbocycles. The quantitative estimate of drug-likeness (QED) is 0.828. The van der Waals surface area contributed by atoms with Gasteiger partial charge in [0, 0.05) is 7.05 Å². The van der Waals surface area contributed by atoms with Crippen LogP contribution >= 0.6 is 0 Å². The van der Waals surface area contributed by atoms with Gasteiger partial charge in [-0.2, -0.15) is 9.97 Å². The van der Waals surface area contributed by atoms with Crippen LogP contribution in [0, 0.1) is 0 Å². The molecular weight excluding hydrogens is 260 g/mol. The number of aliphatic hydroxyl groups is 1. The molecule has 2 aromatic rings. The molecule has 1 aromatic carbocycles. The minimum Gasteiger partial charge on any atom is -0.464 e. The fourth-order valence-corrected chi connectivity index (χ4v) is 1.50. The first kappa shape index (κ1) is 14.0. The van der Waals surface area contributed by atoms with E-state index in [1.54, 1.807) is 31.3 Å². The number of hydrogen-bond acceptors (Lipinski definition) is 7. The van der Waals surface area contributed by atoms with Crippen LogP contribution in [0.2, 0.25) is 0 Å². The fraction of sp³-hybridized carbons (Fsp3) is 0.308. The third-order valence-corrected chi connectivity index (χ3v) is 2.38. The number of anilines is 1. The standard InChI is InChI=1S/C13H16N4O3/c1-3-19-12-15-11(14-2)16-13(17-12)20-10-6-4-5-9(7-10)8-18/h4-7,18H,3,8H2,1-2H3,(H,14,15,16,17). The van der Waals surface area contributed by atoms with Gasteiger partial charge in [-0.3, -0.25) is 0 Å². The molecule has 0 aliphatic carbocycles. The van der Waals surface area contributed by atoms with Crippen molar-refractivity contribution in [2.75, 3.05) is 19.0 Å². The molecule has 1 aromatic heterocycles. The normalized spacial score (nSPS) is 10.2. The molecule has 7 heteroatoms. The van der Waals surface area contributed by atoms with Crippen LogP contribution in [-0.4, -0.2) is 33.7 Å². The number of nitrogens with one attached hydrogen (secondary N) is 1. The van der Waals surface area contributed by atoms with Crippen LogP contribution < -0.4 is 14.8 Å². The Hall–Kier alpha value is -2.41. The van der Waals surface area contributed by atoms with Crippen LogP contribution in [0.3, 0.4) is 0 Å². The maximum atomic E-state index is 9.10. The predicted molar refractivity (Wildman–Crippen MR) is 73.0 cm³/mol. The van der Waals surface area contributed by atoms with E-state index in [1.165, 1.54) is 0 Å². The van der Waals surface area contributed by atoms with Crippen LogP contribution in [0.5, 0.6) is 17.8 Å². The molecule has 0 fully saturated rings. The number of nitrogens with zero attached hydrogens (tertiary/aromatic N) is 3. The van der Waals surface area contributed by atoms with Gasteiger partial charge in [-0.1, -0.05) is 12.1 Å². The second-order valence-corrected chi connectivity index (χ2v) is 3.81. The summed E-state index contributed by atoms with van der Waals surface area (Å²) in [7, 11) is 1.70. The summed E-state index contributed by atoms with van der Waals surface area (Å²) >= 11 is 0. The smallest absolute Gasteiger partial charge is 0.330 e. The molecule has 106 valence electrons. The van der Waals surface area contributed by atoms with Crippen molar-refractivity contribution < 1.29 is 14.6 Å². The van der Waals surface area contributed by atoms with Gasteiger partial charge < -0.3 is 19.9 Å². The van der Waals surface area contributed by atoms with Gasteiger partial charge in [0.2, 0.25) is 5.95 Å². The number of aromatic nitrogens is 3. The molecule has 0 aliphatic rings. The number of ether oxygens (including phenoxy) is 2. The molecule has 0 saturated heterocycles. The van der Waals surface area contributed by atoms with E-state index in [1.807, 2.05) is 6.92 Å². The first-order chi connectivity index (χ1) is 9.75. The molecule has 0 aliphatic heterocycles. The Kier molecular flexibility index (Phi) is 4.67. The summed E-state index contributed by atoms with van der Waals surface area (Å²) in [5, 5.41) is 11.9. The van der Waals surface area contributed by atoms with E-state index >= 15 is 0 Å². The Morgan fingerprint density at radius 2 is 2.00 bits per heavy atom. The highest BCUT2D eigenvalue weighted by Crippen LogP contribution is 2.21. The van der Waals surface area contributed by atoms with Crippen LogP contribution in [0.4, 0.5) is 5.95 Å². The lowest BCUT2D eigenvalue weighted by Gasteiger charge is -2.08. The summed E-state index contributed by atoms with van der Waals surface area (Å²) in [5.41, 5.74) is 0.746. The van der Waals surface area contributed by atoms with Crippen LogP contribution in [0.25, 0.3) is 0 Å². The van der Waals surface area contributed by atoms with Crippen molar-refractivity contribution >= 4 is 5.95 Å². The van der Waals surface area contributed by atoms with Gasteiger partial charge in [0.25, 0.3) is 0 Å². The molecule has 0 amide bonds. The summed E-state index contributed by atoms with van der Waals surface area (Å²) in [6.07, 6.45) is 0. The second kappa shape index (κ2) is 6.67. The van der Waals surface area contributed by atoms with Crippen molar-refractivity contribution in [1.82, 2.24) is 15.0 Å². The zero-order valence-electron chi connectivity index (χ0n) is 11.3. The first-order valence-corrected chi connectivity index (χ1v) is 6.19. The van der Waals surface area contributed by atoms with Gasteiger partial charge in [0.05, 0.1) is 13.2 Å². The highest BCUT2D eigenvalue weighted by atomic mass is 16.5. The average Bonchev–Trinajstić information content (AvgIpc) is 2.47. The van der Waals surface area contributed by atoms with Gasteiger partial charge in [-0.25, -0.2) is 0 Å².